The average Bonchev–Trinajstić information content (AvgIpc) is 0.910. The molecule has 0 fully saturated rings. The molecule has 49 nitrogen and oxygen atoms in total. The maximum Gasteiger partial charge on any atom is 0.319 e. The highest BCUT2D eigenvalue weighted by Gasteiger charge is 2.38. The van der Waals surface area contributed by atoms with Gasteiger partial charge >= 0.3 is 30.2 Å². The fourth-order valence-corrected chi connectivity index (χ4v) is 15.5. The van der Waals surface area contributed by atoms with Crippen LogP contribution in [0, 0.1) is 0 Å². The van der Waals surface area contributed by atoms with Crippen LogP contribution in [-0.4, -0.2) is 348 Å². The van der Waals surface area contributed by atoms with Crippen LogP contribution in [0.15, 0.2) is 54.7 Å². The Balaban J connectivity index is 1.35. The van der Waals surface area contributed by atoms with Crippen LogP contribution >= 0.6 is 0 Å². The molecule has 5 aromatic rings. The Morgan fingerprint density at radius 3 is 1.31 bits per heavy atom. The number of amides is 16. The Morgan fingerprint density at radius 2 is 0.865 bits per heavy atom. The summed E-state index contributed by atoms with van der Waals surface area (Å²) in [4.78, 5) is 153. The number of aromatic nitrogens is 3. The van der Waals surface area contributed by atoms with Crippen LogP contribution in [0.1, 0.15) is 169 Å². The van der Waals surface area contributed by atoms with E-state index in [4.69, 9.17) is 18.9 Å². The van der Waals surface area contributed by atoms with Crippen molar-refractivity contribution in [3.63, 3.8) is 0 Å². The van der Waals surface area contributed by atoms with Gasteiger partial charge in [-0.3, -0.25) is 28.8 Å². The number of fused-ring (bicyclic) bond motifs is 6. The highest BCUT2D eigenvalue weighted by Crippen LogP contribution is 2.34. The minimum atomic E-state index is -2.14. The lowest BCUT2D eigenvalue weighted by Gasteiger charge is -2.35. The summed E-state index contributed by atoms with van der Waals surface area (Å²) in [6, 6.07) is 8.20. The number of carbonyl (C=O) groups is 11. The number of aryl methyl sites for hydroxylation is 3. The van der Waals surface area contributed by atoms with Gasteiger partial charge in [0.05, 0.1) is 126 Å². The SMILES string of the molecule is CCc1cc(CC)c2cc1CCCNC(=O)Nc1cc(C(=O)NC(CCC(=O)NC[C@H](O)[C@@H](O)[C@H](O)[C@H](O)CO)(CCC(=O)NC[C@H](O)[C@@H](O)[C@H](O)[C@H](O)CO)CCC(=O)NC[C@H](O)[C@@H](O)[C@H](O)[C@H](O)CO)ccc1NC(=O)NCc1c(CC)c(CNC(=O)NC)c(CC)c(c1CC)CNC(=O)Nc1ccc(C(=O)NCCOCCOCCn3cc(COCCOCCNC(C)=O)nn3)cc1NC(=O)NC2. The number of hydrogen-bond donors (Lipinski definition) is 31. The van der Waals surface area contributed by atoms with Crippen molar-refractivity contribution in [3.8, 4) is 0 Å². The van der Waals surface area contributed by atoms with Gasteiger partial charge in [0.25, 0.3) is 11.8 Å². The summed E-state index contributed by atoms with van der Waals surface area (Å²) in [5.41, 5.74) is 5.76. The minimum Gasteiger partial charge on any atom is -0.394 e. The van der Waals surface area contributed by atoms with Gasteiger partial charge in [-0.05, 0) is 156 Å². The molecule has 0 unspecified atom stereocenters. The third kappa shape index (κ3) is 39.0. The predicted molar refractivity (Wildman–Crippen MR) is 510 cm³/mol. The topological polar surface area (TPSA) is 751 Å². The van der Waals surface area contributed by atoms with Gasteiger partial charge in [-0.2, -0.15) is 0 Å². The zero-order valence-electron chi connectivity index (χ0n) is 80.5. The predicted octanol–water partition coefficient (Wildman–Crippen LogP) is -3.85. The molecular weight excluding hydrogens is 1850 g/mol. The van der Waals surface area contributed by atoms with Crippen LogP contribution < -0.4 is 85.1 Å². The van der Waals surface area contributed by atoms with Gasteiger partial charge in [-0.15, -0.1) is 5.10 Å². The highest BCUT2D eigenvalue weighted by molar-refractivity contribution is 6.04. The smallest absolute Gasteiger partial charge is 0.319 e. The Hall–Kier alpha value is -11.6. The third-order valence-corrected chi connectivity index (χ3v) is 23.5. The van der Waals surface area contributed by atoms with Crippen molar-refractivity contribution >= 4 is 88.3 Å². The van der Waals surface area contributed by atoms with Crippen molar-refractivity contribution in [2.24, 2.45) is 0 Å². The number of nitrogens with one attached hydrogen (secondary N) is 16. The zero-order valence-corrected chi connectivity index (χ0v) is 80.5. The van der Waals surface area contributed by atoms with E-state index in [0.717, 1.165) is 39.4 Å². The van der Waals surface area contributed by atoms with Gasteiger partial charge in [0, 0.05) is 115 Å². The maximum atomic E-state index is 15.4. The highest BCUT2D eigenvalue weighted by atomic mass is 16.5. The van der Waals surface area contributed by atoms with E-state index in [1.807, 2.05) is 46.8 Å². The lowest BCUT2D eigenvalue weighted by atomic mass is 9.82. The summed E-state index contributed by atoms with van der Waals surface area (Å²) in [7, 11) is 1.44. The number of nitrogens with zero attached hydrogens (tertiary/aromatic N) is 3. The first-order chi connectivity index (χ1) is 67.4. The minimum absolute atomic E-state index is 0.00288. The monoisotopic (exact) mass is 1990 g/mol. The van der Waals surface area contributed by atoms with Crippen molar-refractivity contribution in [1.82, 2.24) is 78.8 Å². The Morgan fingerprint density at radius 1 is 0.447 bits per heavy atom. The van der Waals surface area contributed by atoms with Crippen molar-refractivity contribution in [2.75, 3.05) is 134 Å². The van der Waals surface area contributed by atoms with Crippen LogP contribution in [-0.2, 0) is 116 Å². The average molecular weight is 2000 g/mol. The summed E-state index contributed by atoms with van der Waals surface area (Å²) >= 11 is 0. The molecule has 12 atom stereocenters. The third-order valence-electron chi connectivity index (χ3n) is 23.5. The molecule has 49 heteroatoms. The quantitative estimate of drug-likeness (QED) is 0.0166. The first-order valence-corrected chi connectivity index (χ1v) is 47.0. The molecule has 0 aliphatic carbocycles. The number of aliphatic hydroxyl groups excluding tert-OH is 15. The van der Waals surface area contributed by atoms with Crippen molar-refractivity contribution < 1.29 is 148 Å². The first-order valence-electron chi connectivity index (χ1n) is 47.0. The Kier molecular flexibility index (Phi) is 51.9. The second kappa shape index (κ2) is 62.0. The molecule has 0 spiro atoms. The summed E-state index contributed by atoms with van der Waals surface area (Å²) < 4.78 is 24.1. The van der Waals surface area contributed by atoms with E-state index in [2.05, 4.69) is 95.4 Å². The molecule has 0 saturated heterocycles. The number of urea groups is 5. The number of ether oxygens (including phenoxy) is 4. The van der Waals surface area contributed by atoms with Crippen LogP contribution in [0.5, 0.6) is 0 Å². The fourth-order valence-electron chi connectivity index (χ4n) is 15.5. The number of benzene rings is 4. The van der Waals surface area contributed by atoms with Crippen LogP contribution in [0.4, 0.5) is 46.7 Å². The molecule has 1 aliphatic rings. The van der Waals surface area contributed by atoms with Crippen LogP contribution in [0.2, 0.25) is 0 Å². The number of aliphatic hydroxyl groups is 15. The second-order valence-corrected chi connectivity index (χ2v) is 33.5. The molecule has 141 heavy (non-hydrogen) atoms. The van der Waals surface area contributed by atoms with Crippen LogP contribution in [0.3, 0.4) is 0 Å². The van der Waals surface area contributed by atoms with Gasteiger partial charge in [0.1, 0.15) is 60.6 Å². The van der Waals surface area contributed by atoms with Crippen molar-refractivity contribution in [2.45, 2.75) is 243 Å². The molecule has 2 heterocycles. The fraction of sp³-hybridized carbons (Fsp3) is 0.598. The summed E-state index contributed by atoms with van der Waals surface area (Å²) in [6.07, 6.45) is -23.6. The molecule has 1 aliphatic heterocycles. The zero-order chi connectivity index (χ0) is 104. The Bertz CT molecular complexity index is 4730. The van der Waals surface area contributed by atoms with Crippen molar-refractivity contribution in [1.29, 1.82) is 0 Å². The molecule has 0 radical (unpaired) electrons. The maximum absolute atomic E-state index is 15.4. The lowest BCUT2D eigenvalue weighted by Crippen LogP contribution is -2.52. The van der Waals surface area contributed by atoms with E-state index in [9.17, 15) is 125 Å². The number of carbonyl (C=O) groups excluding carboxylic acids is 11. The van der Waals surface area contributed by atoms with E-state index < -0.39 is 216 Å². The van der Waals surface area contributed by atoms with Gasteiger partial charge in [0.2, 0.25) is 23.6 Å². The standard InChI is InChI=1S/C92H143N19O30/c1-8-53-36-54(9-2)58-37-55(53)14-13-25-96-88(134)106-69-39-57(86(132)108-92(22-19-76(122)97-44-70(116)79(125)82(128)73(119)48-112,23-20-77(123)98-45-71(117)80(126)83(129)74(120)49-113)24-21-78(124)99-46-72(118)81(127)84(130)75(121)50-114)16-18-67(69)105-91(137)103-43-65-61(11-4)63(41-101-87(133)93-7)60(10-3)64(62(65)12-5)42-102-90(136)104-66-17-15-56(38-68(66)107-89(135)100-40-58)85(131)95-27-30-139-32-33-140-31-28-111-47-59(109-110-111)51-141-35-34-138-29-26-94-52(6)115/h15-18,36-39,47,70-75,79-84,112-114,116-121,125-130H,8-14,19-35,40-46,48-51H2,1-7H3,(H,94,115)(H,95,131)(H,97,122)(H,98,123)(H,99,124)(H,108,132)(H2,93,101,133)(H2,96,106,134)(H2,100,107,135)(H2,102,104,136)(H2,103,105,137)/t70-,71-,72-,73+,74+,75+,79+,80+,81+,82+,83+,84+/m0/s1. The number of rotatable bonds is 54. The molecule has 4 bridgehead atoms. The molecule has 786 valence electrons. The number of anilines is 4. The van der Waals surface area contributed by atoms with Gasteiger partial charge in [0.15, 0.2) is 0 Å². The van der Waals surface area contributed by atoms with Gasteiger partial charge in [-0.25, -0.2) is 28.7 Å². The molecule has 6 rings (SSSR count). The molecule has 16 amide bonds. The van der Waals surface area contributed by atoms with Gasteiger partial charge in [-0.1, -0.05) is 52.0 Å². The first kappa shape index (κ1) is 118. The lowest BCUT2D eigenvalue weighted by molar-refractivity contribution is -0.126. The summed E-state index contributed by atoms with van der Waals surface area (Å²) in [5.74, 6) is -4.58. The summed E-state index contributed by atoms with van der Waals surface area (Å²) in [5, 5.41) is 205. The van der Waals surface area contributed by atoms with Gasteiger partial charge < -0.3 is 181 Å². The molecule has 31 N–H and O–H groups in total. The van der Waals surface area contributed by atoms with E-state index in [-0.39, 0.29) is 105 Å². The molecule has 0 saturated carbocycles. The largest absolute Gasteiger partial charge is 0.394 e. The van der Waals surface area contributed by atoms with E-state index in [1.54, 1.807) is 10.9 Å². The Labute approximate surface area is 815 Å². The molecular formula is C92H143N19O30. The van der Waals surface area contributed by atoms with Crippen molar-refractivity contribution in [3.05, 3.63) is 127 Å². The number of hydrogen-bond acceptors (Lipinski definition) is 32. The molecule has 1 aromatic heterocycles. The van der Waals surface area contributed by atoms with E-state index in [0.29, 0.717) is 112 Å². The van der Waals surface area contributed by atoms with Crippen LogP contribution in [0.25, 0.3) is 0 Å². The second-order valence-electron chi connectivity index (χ2n) is 33.5. The molecule has 4 aromatic carbocycles. The summed E-state index contributed by atoms with van der Waals surface area (Å²) in [6.45, 7) is 8.09. The normalized spacial score (nSPS) is 15.6. The van der Waals surface area contributed by atoms with E-state index >= 15 is 4.79 Å². The van der Waals surface area contributed by atoms with E-state index in [1.165, 1.54) is 44.3 Å².